The highest BCUT2D eigenvalue weighted by atomic mass is 16.5. The van der Waals surface area contributed by atoms with Gasteiger partial charge in [-0.25, -0.2) is 0 Å². The van der Waals surface area contributed by atoms with Gasteiger partial charge in [0.05, 0.1) is 0 Å². The van der Waals surface area contributed by atoms with E-state index < -0.39 is 0 Å². The van der Waals surface area contributed by atoms with Crippen LogP contribution in [-0.2, 0) is 23.9 Å². The van der Waals surface area contributed by atoms with E-state index in [2.05, 4.69) is 15.4 Å². The highest BCUT2D eigenvalue weighted by Gasteiger charge is 2.06. The van der Waals surface area contributed by atoms with Crippen LogP contribution in [0.4, 0.5) is 0 Å². The van der Waals surface area contributed by atoms with Crippen molar-refractivity contribution in [3.63, 3.8) is 0 Å². The minimum Gasteiger partial charge on any atom is -0.377 e. The SMILES string of the molecule is COCC(=O)CCCC(=O)NCCC(=O)NCCC(C)=O. The molecule has 7 heteroatoms. The molecule has 2 amide bonds. The van der Waals surface area contributed by atoms with Crippen LogP contribution in [0.5, 0.6) is 0 Å². The number of Topliss-reactive ketones (excluding diaryl/α,β-unsaturated/α-hetero) is 2. The molecule has 0 spiro atoms. The molecule has 21 heavy (non-hydrogen) atoms. The van der Waals surface area contributed by atoms with Crippen LogP contribution in [0.2, 0.25) is 0 Å². The zero-order valence-electron chi connectivity index (χ0n) is 12.7. The molecule has 0 aromatic carbocycles. The molecule has 0 aliphatic carbocycles. The Morgan fingerprint density at radius 3 is 2.00 bits per heavy atom. The number of nitrogens with one attached hydrogen (secondary N) is 2. The topological polar surface area (TPSA) is 102 Å². The molecule has 0 atom stereocenters. The first-order valence-electron chi connectivity index (χ1n) is 6.99. The van der Waals surface area contributed by atoms with E-state index in [1.165, 1.54) is 14.0 Å². The molecular weight excluding hydrogens is 276 g/mol. The van der Waals surface area contributed by atoms with Crippen LogP contribution in [0, 0.1) is 0 Å². The molecule has 0 aliphatic rings. The van der Waals surface area contributed by atoms with E-state index in [1.54, 1.807) is 0 Å². The summed E-state index contributed by atoms with van der Waals surface area (Å²) in [5, 5.41) is 5.20. The van der Waals surface area contributed by atoms with Crippen molar-refractivity contribution in [3.05, 3.63) is 0 Å². The molecule has 0 unspecified atom stereocenters. The Balaban J connectivity index is 3.54. The van der Waals surface area contributed by atoms with Crippen molar-refractivity contribution in [2.75, 3.05) is 26.8 Å². The number of ketones is 2. The van der Waals surface area contributed by atoms with Crippen molar-refractivity contribution >= 4 is 23.4 Å². The first-order chi connectivity index (χ1) is 9.95. The van der Waals surface area contributed by atoms with Crippen LogP contribution in [0.3, 0.4) is 0 Å². The zero-order chi connectivity index (χ0) is 16.1. The van der Waals surface area contributed by atoms with Crippen molar-refractivity contribution < 1.29 is 23.9 Å². The third-order valence-electron chi connectivity index (χ3n) is 2.64. The predicted octanol–water partition coefficient (Wildman–Crippen LogP) is -0.0262. The first kappa shape index (κ1) is 19.2. The molecule has 0 heterocycles. The number of hydrogen-bond acceptors (Lipinski definition) is 5. The summed E-state index contributed by atoms with van der Waals surface area (Å²) in [4.78, 5) is 44.6. The van der Waals surface area contributed by atoms with Crippen LogP contribution < -0.4 is 10.6 Å². The summed E-state index contributed by atoms with van der Waals surface area (Å²) in [6, 6.07) is 0. The second-order valence-corrected chi connectivity index (χ2v) is 4.73. The first-order valence-corrected chi connectivity index (χ1v) is 6.99. The number of ether oxygens (including phenoxy) is 1. The van der Waals surface area contributed by atoms with Gasteiger partial charge in [0.2, 0.25) is 11.8 Å². The third-order valence-corrected chi connectivity index (χ3v) is 2.64. The van der Waals surface area contributed by atoms with Gasteiger partial charge in [-0.1, -0.05) is 0 Å². The minimum absolute atomic E-state index is 0.0200. The monoisotopic (exact) mass is 300 g/mol. The minimum atomic E-state index is -0.202. The van der Waals surface area contributed by atoms with Crippen LogP contribution >= 0.6 is 0 Å². The van der Waals surface area contributed by atoms with Crippen LogP contribution in [-0.4, -0.2) is 50.2 Å². The van der Waals surface area contributed by atoms with Crippen LogP contribution in [0.25, 0.3) is 0 Å². The molecule has 2 N–H and O–H groups in total. The Morgan fingerprint density at radius 2 is 1.43 bits per heavy atom. The van der Waals surface area contributed by atoms with Gasteiger partial charge in [0.25, 0.3) is 0 Å². The Kier molecular flexibility index (Phi) is 11.0. The fourth-order valence-corrected chi connectivity index (χ4v) is 1.55. The van der Waals surface area contributed by atoms with Crippen LogP contribution in [0.15, 0.2) is 0 Å². The molecule has 0 aliphatic heterocycles. The van der Waals surface area contributed by atoms with E-state index in [0.29, 0.717) is 25.8 Å². The molecule has 0 radical (unpaired) electrons. The van der Waals surface area contributed by atoms with E-state index in [0.717, 1.165) is 0 Å². The number of carbonyl (C=O) groups excluding carboxylic acids is 4. The van der Waals surface area contributed by atoms with Crippen molar-refractivity contribution in [1.29, 1.82) is 0 Å². The molecule has 0 fully saturated rings. The lowest BCUT2D eigenvalue weighted by atomic mass is 10.2. The number of amides is 2. The summed E-state index contributed by atoms with van der Waals surface area (Å²) in [6.07, 6.45) is 1.52. The van der Waals surface area contributed by atoms with E-state index in [-0.39, 0.29) is 49.4 Å². The van der Waals surface area contributed by atoms with Crippen molar-refractivity contribution in [2.24, 2.45) is 0 Å². The fraction of sp³-hybridized carbons (Fsp3) is 0.714. The maximum absolute atomic E-state index is 11.4. The zero-order valence-corrected chi connectivity index (χ0v) is 12.7. The molecule has 0 aromatic rings. The summed E-state index contributed by atoms with van der Waals surface area (Å²) in [7, 11) is 1.45. The molecule has 7 nitrogen and oxygen atoms in total. The van der Waals surface area contributed by atoms with Gasteiger partial charge in [0.15, 0.2) is 5.78 Å². The van der Waals surface area contributed by atoms with Crippen molar-refractivity contribution in [2.45, 2.75) is 39.0 Å². The lowest BCUT2D eigenvalue weighted by Gasteiger charge is -2.06. The van der Waals surface area contributed by atoms with Gasteiger partial charge in [-0.2, -0.15) is 0 Å². The summed E-state index contributed by atoms with van der Waals surface area (Å²) < 4.78 is 4.68. The average Bonchev–Trinajstić information content (AvgIpc) is 2.38. The highest BCUT2D eigenvalue weighted by Crippen LogP contribution is 1.97. The third kappa shape index (κ3) is 13.0. The molecule has 0 rings (SSSR count). The van der Waals surface area contributed by atoms with E-state index in [9.17, 15) is 19.2 Å². The van der Waals surface area contributed by atoms with E-state index >= 15 is 0 Å². The quantitative estimate of drug-likeness (QED) is 0.527. The Hall–Kier alpha value is -1.76. The fourth-order valence-electron chi connectivity index (χ4n) is 1.55. The number of methoxy groups -OCH3 is 1. The van der Waals surface area contributed by atoms with Crippen molar-refractivity contribution in [1.82, 2.24) is 10.6 Å². The lowest BCUT2D eigenvalue weighted by Crippen LogP contribution is -2.31. The number of rotatable bonds is 12. The molecule has 120 valence electrons. The largest absolute Gasteiger partial charge is 0.377 e. The Labute approximate surface area is 124 Å². The molecule has 0 saturated heterocycles. The van der Waals surface area contributed by atoms with Crippen molar-refractivity contribution in [3.8, 4) is 0 Å². The van der Waals surface area contributed by atoms with E-state index in [1.807, 2.05) is 0 Å². The van der Waals surface area contributed by atoms with Gasteiger partial charge < -0.3 is 15.4 Å². The molecule has 0 saturated carbocycles. The Morgan fingerprint density at radius 1 is 0.857 bits per heavy atom. The average molecular weight is 300 g/mol. The second kappa shape index (κ2) is 12.0. The molecule has 0 aromatic heterocycles. The number of hydrogen-bond donors (Lipinski definition) is 2. The predicted molar refractivity (Wildman–Crippen MR) is 76.7 cm³/mol. The van der Waals surface area contributed by atoms with Gasteiger partial charge in [0.1, 0.15) is 12.4 Å². The smallest absolute Gasteiger partial charge is 0.221 e. The second-order valence-electron chi connectivity index (χ2n) is 4.73. The summed E-state index contributed by atoms with van der Waals surface area (Å²) in [5.74, 6) is -0.398. The van der Waals surface area contributed by atoms with Crippen LogP contribution in [0.1, 0.15) is 39.0 Å². The molecular formula is C14H24N2O5. The normalized spacial score (nSPS) is 10.0. The maximum atomic E-state index is 11.4. The number of carbonyl (C=O) groups is 4. The molecule has 0 bridgehead atoms. The van der Waals surface area contributed by atoms with Gasteiger partial charge in [0, 0.05) is 45.9 Å². The van der Waals surface area contributed by atoms with E-state index in [4.69, 9.17) is 0 Å². The standard InChI is InChI=1S/C14H24N2O5/c1-11(17)6-8-15-14(20)7-9-16-13(19)5-3-4-12(18)10-21-2/h3-10H2,1-2H3,(H,15,20)(H,16,19). The summed E-state index contributed by atoms with van der Waals surface area (Å²) >= 11 is 0. The van der Waals surface area contributed by atoms with Gasteiger partial charge in [-0.15, -0.1) is 0 Å². The van der Waals surface area contributed by atoms with Gasteiger partial charge in [-0.3, -0.25) is 19.2 Å². The highest BCUT2D eigenvalue weighted by molar-refractivity contribution is 5.82. The lowest BCUT2D eigenvalue weighted by molar-refractivity contribution is -0.123. The van der Waals surface area contributed by atoms with Gasteiger partial charge in [-0.05, 0) is 13.3 Å². The summed E-state index contributed by atoms with van der Waals surface area (Å²) in [5.41, 5.74) is 0. The maximum Gasteiger partial charge on any atom is 0.221 e. The Bertz CT molecular complexity index is 368. The summed E-state index contributed by atoms with van der Waals surface area (Å²) in [6.45, 7) is 2.10. The van der Waals surface area contributed by atoms with Gasteiger partial charge >= 0.3 is 0 Å².